The predicted molar refractivity (Wildman–Crippen MR) is 127 cm³/mol. The Morgan fingerprint density at radius 1 is 0.939 bits per heavy atom. The molecular formula is C23H25ClN2O6S. The number of rotatable bonds is 7. The topological polar surface area (TPSA) is 124 Å². The lowest BCUT2D eigenvalue weighted by Crippen LogP contribution is -2.31. The van der Waals surface area contributed by atoms with Gasteiger partial charge in [-0.3, -0.25) is 0 Å². The Bertz CT molecular complexity index is 1200. The smallest absolute Gasteiger partial charge is 0.414 e. The summed E-state index contributed by atoms with van der Waals surface area (Å²) >= 11 is 5.98. The zero-order valence-electron chi connectivity index (χ0n) is 18.1. The predicted octanol–water partition coefficient (Wildman–Crippen LogP) is 3.62. The molecule has 8 nitrogen and oxygen atoms in total. The molecule has 0 aliphatic rings. The largest absolute Gasteiger partial charge is 0.473 e. The number of benzene rings is 3. The van der Waals surface area contributed by atoms with Gasteiger partial charge in [0.15, 0.2) is 0 Å². The zero-order valence-corrected chi connectivity index (χ0v) is 19.7. The molecular weight excluding hydrogens is 468 g/mol. The molecule has 0 spiro atoms. The molecule has 3 aromatic carbocycles. The lowest BCUT2D eigenvalue weighted by atomic mass is 10.0. The van der Waals surface area contributed by atoms with Crippen LogP contribution in [-0.2, 0) is 19.6 Å². The highest BCUT2D eigenvalue weighted by atomic mass is 35.5. The fraction of sp³-hybridized carbons (Fsp3) is 0.217. The fourth-order valence-electron chi connectivity index (χ4n) is 2.97. The molecule has 1 unspecified atom stereocenters. The molecule has 0 bridgehead atoms. The van der Waals surface area contributed by atoms with Gasteiger partial charge in [0.05, 0.1) is 4.90 Å². The second kappa shape index (κ2) is 11.8. The van der Waals surface area contributed by atoms with E-state index in [0.29, 0.717) is 11.4 Å². The van der Waals surface area contributed by atoms with Crippen LogP contribution < -0.4 is 4.72 Å². The van der Waals surface area contributed by atoms with E-state index < -0.39 is 22.0 Å². The van der Waals surface area contributed by atoms with Gasteiger partial charge < -0.3 is 15.1 Å². The number of carbonyl (C=O) groups is 2. The fourth-order valence-corrected chi connectivity index (χ4v) is 4.39. The van der Waals surface area contributed by atoms with E-state index in [1.165, 1.54) is 0 Å². The first kappa shape index (κ1) is 26.3. The van der Waals surface area contributed by atoms with E-state index >= 15 is 0 Å². The first-order valence-corrected chi connectivity index (χ1v) is 11.7. The van der Waals surface area contributed by atoms with Crippen molar-refractivity contribution in [1.29, 1.82) is 0 Å². The molecule has 10 heteroatoms. The molecule has 3 N–H and O–H groups in total. The van der Waals surface area contributed by atoms with Crippen molar-refractivity contribution in [3.63, 3.8) is 0 Å². The van der Waals surface area contributed by atoms with Crippen molar-refractivity contribution < 1.29 is 28.2 Å². The summed E-state index contributed by atoms with van der Waals surface area (Å²) in [6.07, 6.45) is 0.654. The SMILES string of the molecule is CN(C)CCC(NS(=O)(=O)c1ccc2ccccc2c1)c1ccc(Cl)cc1.O=C(O)C(=O)O. The monoisotopic (exact) mass is 492 g/mol. The average molecular weight is 493 g/mol. The van der Waals surface area contributed by atoms with Crippen LogP contribution >= 0.6 is 11.6 Å². The van der Waals surface area contributed by atoms with Crippen LogP contribution in [0.4, 0.5) is 0 Å². The maximum atomic E-state index is 13.0. The van der Waals surface area contributed by atoms with Gasteiger partial charge in [0.25, 0.3) is 0 Å². The Labute approximate surface area is 197 Å². The number of sulfonamides is 1. The minimum absolute atomic E-state index is 0.269. The van der Waals surface area contributed by atoms with E-state index in [1.807, 2.05) is 61.5 Å². The molecule has 3 rings (SSSR count). The van der Waals surface area contributed by atoms with E-state index in [2.05, 4.69) is 4.72 Å². The van der Waals surface area contributed by atoms with Crippen molar-refractivity contribution in [2.45, 2.75) is 17.4 Å². The minimum atomic E-state index is -3.66. The number of nitrogens with one attached hydrogen (secondary N) is 1. The summed E-state index contributed by atoms with van der Waals surface area (Å²) in [5.41, 5.74) is 0.894. The molecule has 0 aliphatic heterocycles. The van der Waals surface area contributed by atoms with Crippen LogP contribution in [-0.4, -0.2) is 56.1 Å². The highest BCUT2D eigenvalue weighted by molar-refractivity contribution is 7.89. The van der Waals surface area contributed by atoms with E-state index in [9.17, 15) is 8.42 Å². The third kappa shape index (κ3) is 8.14. The number of carboxylic acids is 2. The Hall–Kier alpha value is -2.98. The van der Waals surface area contributed by atoms with Crippen LogP contribution in [0.1, 0.15) is 18.0 Å². The van der Waals surface area contributed by atoms with Crippen molar-refractivity contribution in [2.75, 3.05) is 20.6 Å². The second-order valence-electron chi connectivity index (χ2n) is 7.44. The maximum Gasteiger partial charge on any atom is 0.414 e. The molecule has 0 radical (unpaired) electrons. The van der Waals surface area contributed by atoms with Gasteiger partial charge in [-0.15, -0.1) is 0 Å². The van der Waals surface area contributed by atoms with Crippen LogP contribution in [0.5, 0.6) is 0 Å². The highest BCUT2D eigenvalue weighted by Gasteiger charge is 2.22. The highest BCUT2D eigenvalue weighted by Crippen LogP contribution is 2.24. The minimum Gasteiger partial charge on any atom is -0.473 e. The van der Waals surface area contributed by atoms with Gasteiger partial charge in [0.1, 0.15) is 0 Å². The number of fused-ring (bicyclic) bond motifs is 1. The van der Waals surface area contributed by atoms with Crippen LogP contribution in [0.3, 0.4) is 0 Å². The van der Waals surface area contributed by atoms with Crippen molar-refractivity contribution >= 4 is 44.3 Å². The summed E-state index contributed by atoms with van der Waals surface area (Å²) in [5, 5.41) is 17.3. The van der Waals surface area contributed by atoms with Crippen LogP contribution in [0.25, 0.3) is 10.8 Å². The quantitative estimate of drug-likeness (QED) is 0.430. The van der Waals surface area contributed by atoms with Crippen molar-refractivity contribution in [3.05, 3.63) is 77.3 Å². The van der Waals surface area contributed by atoms with Gasteiger partial charge in [0, 0.05) is 11.1 Å². The molecule has 0 amide bonds. The average Bonchev–Trinajstić information content (AvgIpc) is 2.77. The van der Waals surface area contributed by atoms with Crippen LogP contribution in [0.2, 0.25) is 5.02 Å². The van der Waals surface area contributed by atoms with Crippen molar-refractivity contribution in [3.8, 4) is 0 Å². The third-order valence-corrected chi connectivity index (χ3v) is 6.37. The molecule has 0 fully saturated rings. The van der Waals surface area contributed by atoms with Crippen molar-refractivity contribution in [2.24, 2.45) is 0 Å². The number of halogens is 1. The van der Waals surface area contributed by atoms with Gasteiger partial charge in [-0.05, 0) is 67.7 Å². The maximum absolute atomic E-state index is 13.0. The number of nitrogens with zero attached hydrogens (tertiary/aromatic N) is 1. The van der Waals surface area contributed by atoms with Gasteiger partial charge in [-0.1, -0.05) is 54.1 Å². The summed E-state index contributed by atoms with van der Waals surface area (Å²) in [6, 6.07) is 19.9. The molecule has 0 aromatic heterocycles. The molecule has 0 aliphatic carbocycles. The standard InChI is InChI=1S/C21H23ClN2O2S.C2H2O4/c1-24(2)14-13-21(17-7-10-19(22)11-8-17)23-27(25,26)20-12-9-16-5-3-4-6-18(16)15-20;3-1(4)2(5)6/h3-12,15,21,23H,13-14H2,1-2H3;(H,3,4)(H,5,6). The van der Waals surface area contributed by atoms with Gasteiger partial charge in [-0.25, -0.2) is 22.7 Å². The van der Waals surface area contributed by atoms with E-state index in [-0.39, 0.29) is 10.9 Å². The zero-order chi connectivity index (χ0) is 24.6. The summed E-state index contributed by atoms with van der Waals surface area (Å²) in [7, 11) is 0.279. The number of carboxylic acid groups (broad SMARTS) is 2. The van der Waals surface area contributed by atoms with E-state index in [0.717, 1.165) is 22.9 Å². The summed E-state index contributed by atoms with van der Waals surface area (Å²) < 4.78 is 28.9. The molecule has 0 saturated carbocycles. The van der Waals surface area contributed by atoms with Crippen molar-refractivity contribution in [1.82, 2.24) is 9.62 Å². The summed E-state index contributed by atoms with van der Waals surface area (Å²) in [6.45, 7) is 0.757. The Morgan fingerprint density at radius 3 is 2.06 bits per heavy atom. The van der Waals surface area contributed by atoms with Crippen LogP contribution in [0, 0.1) is 0 Å². The lowest BCUT2D eigenvalue weighted by Gasteiger charge is -2.21. The van der Waals surface area contributed by atoms with Gasteiger partial charge in [0.2, 0.25) is 10.0 Å². The Kier molecular flexibility index (Phi) is 9.36. The first-order chi connectivity index (χ1) is 15.5. The summed E-state index contributed by atoms with van der Waals surface area (Å²) in [4.78, 5) is 20.5. The number of aliphatic carboxylic acids is 2. The molecule has 33 heavy (non-hydrogen) atoms. The number of hydrogen-bond acceptors (Lipinski definition) is 5. The molecule has 3 aromatic rings. The third-order valence-electron chi connectivity index (χ3n) is 4.65. The molecule has 176 valence electrons. The Balaban J connectivity index is 0.000000569. The number of hydrogen-bond donors (Lipinski definition) is 3. The molecule has 0 saturated heterocycles. The second-order valence-corrected chi connectivity index (χ2v) is 9.59. The molecule has 1 atom stereocenters. The van der Waals surface area contributed by atoms with Gasteiger partial charge in [-0.2, -0.15) is 0 Å². The van der Waals surface area contributed by atoms with Gasteiger partial charge >= 0.3 is 11.9 Å². The molecule has 0 heterocycles. The van der Waals surface area contributed by atoms with E-state index in [1.54, 1.807) is 24.3 Å². The Morgan fingerprint density at radius 2 is 1.52 bits per heavy atom. The van der Waals surface area contributed by atoms with Crippen LogP contribution in [0.15, 0.2) is 71.6 Å². The normalized spacial score (nSPS) is 12.1. The van der Waals surface area contributed by atoms with E-state index in [4.69, 9.17) is 31.4 Å². The lowest BCUT2D eigenvalue weighted by molar-refractivity contribution is -0.159. The first-order valence-electron chi connectivity index (χ1n) is 9.87. The summed E-state index contributed by atoms with van der Waals surface area (Å²) in [5.74, 6) is -3.65.